The Labute approximate surface area is 135 Å². The van der Waals surface area contributed by atoms with Crippen LogP contribution in [0.15, 0.2) is 36.4 Å². The SMILES string of the molecule is C=C(CC)C(=O)Oc1ccccc1CCCCCCCCC. The number of carbonyl (C=O) groups is 1. The molecule has 0 bridgehead atoms. The minimum Gasteiger partial charge on any atom is -0.423 e. The number of esters is 1. The van der Waals surface area contributed by atoms with E-state index in [0.717, 1.165) is 18.4 Å². The minimum absolute atomic E-state index is 0.311. The van der Waals surface area contributed by atoms with E-state index in [0.29, 0.717) is 17.7 Å². The van der Waals surface area contributed by atoms with Gasteiger partial charge in [-0.2, -0.15) is 0 Å². The number of rotatable bonds is 11. The molecule has 22 heavy (non-hydrogen) atoms. The molecule has 0 saturated heterocycles. The molecule has 1 aromatic carbocycles. The fraction of sp³-hybridized carbons (Fsp3) is 0.550. The van der Waals surface area contributed by atoms with Crippen LogP contribution in [0.1, 0.15) is 70.8 Å². The topological polar surface area (TPSA) is 26.3 Å². The number of carbonyl (C=O) groups excluding carboxylic acids is 1. The average molecular weight is 302 g/mol. The minimum atomic E-state index is -0.311. The molecule has 0 N–H and O–H groups in total. The normalized spacial score (nSPS) is 10.5. The van der Waals surface area contributed by atoms with Gasteiger partial charge in [-0.1, -0.05) is 77.2 Å². The summed E-state index contributed by atoms with van der Waals surface area (Å²) in [6.07, 6.45) is 10.6. The van der Waals surface area contributed by atoms with E-state index in [9.17, 15) is 4.79 Å². The molecule has 0 aliphatic heterocycles. The summed E-state index contributed by atoms with van der Waals surface area (Å²) in [6, 6.07) is 7.83. The Balaban J connectivity index is 2.40. The maximum Gasteiger partial charge on any atom is 0.338 e. The van der Waals surface area contributed by atoms with Gasteiger partial charge in [0, 0.05) is 5.57 Å². The van der Waals surface area contributed by atoms with Gasteiger partial charge in [0.2, 0.25) is 0 Å². The monoisotopic (exact) mass is 302 g/mol. The number of ether oxygens (including phenoxy) is 1. The molecule has 0 atom stereocenters. The van der Waals surface area contributed by atoms with E-state index in [4.69, 9.17) is 4.74 Å². The summed E-state index contributed by atoms with van der Waals surface area (Å²) >= 11 is 0. The molecule has 0 aliphatic carbocycles. The molecule has 0 radical (unpaired) electrons. The molecule has 0 amide bonds. The molecule has 0 saturated carbocycles. The van der Waals surface area contributed by atoms with E-state index >= 15 is 0 Å². The molecule has 0 spiro atoms. The van der Waals surface area contributed by atoms with Crippen molar-refractivity contribution in [2.45, 2.75) is 71.6 Å². The summed E-state index contributed by atoms with van der Waals surface area (Å²) in [7, 11) is 0. The van der Waals surface area contributed by atoms with Crippen LogP contribution in [0, 0.1) is 0 Å². The molecule has 0 heterocycles. The van der Waals surface area contributed by atoms with E-state index in [1.165, 1.54) is 38.5 Å². The van der Waals surface area contributed by atoms with Crippen molar-refractivity contribution in [1.29, 1.82) is 0 Å². The van der Waals surface area contributed by atoms with Crippen LogP contribution < -0.4 is 4.74 Å². The van der Waals surface area contributed by atoms with Crippen molar-refractivity contribution in [3.8, 4) is 5.75 Å². The lowest BCUT2D eigenvalue weighted by Gasteiger charge is -2.10. The zero-order valence-corrected chi connectivity index (χ0v) is 14.2. The van der Waals surface area contributed by atoms with Crippen LogP contribution in [0.5, 0.6) is 5.75 Å². The van der Waals surface area contributed by atoms with Gasteiger partial charge in [-0.05, 0) is 30.9 Å². The maximum atomic E-state index is 11.9. The van der Waals surface area contributed by atoms with E-state index in [1.807, 2.05) is 25.1 Å². The Morgan fingerprint density at radius 3 is 2.32 bits per heavy atom. The van der Waals surface area contributed by atoms with Gasteiger partial charge in [0.1, 0.15) is 5.75 Å². The second-order valence-electron chi connectivity index (χ2n) is 5.83. The number of benzene rings is 1. The summed E-state index contributed by atoms with van der Waals surface area (Å²) in [5.74, 6) is 0.377. The van der Waals surface area contributed by atoms with E-state index < -0.39 is 0 Å². The van der Waals surface area contributed by atoms with Crippen LogP contribution in [-0.4, -0.2) is 5.97 Å². The number of hydrogen-bond donors (Lipinski definition) is 0. The number of unbranched alkanes of at least 4 members (excludes halogenated alkanes) is 6. The predicted octanol–water partition coefficient (Wildman–Crippen LogP) is 5.85. The van der Waals surface area contributed by atoms with Crippen molar-refractivity contribution >= 4 is 5.97 Å². The summed E-state index contributed by atoms with van der Waals surface area (Å²) in [5.41, 5.74) is 1.64. The first-order valence-electron chi connectivity index (χ1n) is 8.66. The summed E-state index contributed by atoms with van der Waals surface area (Å²) < 4.78 is 5.47. The van der Waals surface area contributed by atoms with Crippen molar-refractivity contribution in [3.63, 3.8) is 0 Å². The predicted molar refractivity (Wildman–Crippen MR) is 93.2 cm³/mol. The van der Waals surface area contributed by atoms with Crippen LogP contribution in [-0.2, 0) is 11.2 Å². The second-order valence-corrected chi connectivity index (χ2v) is 5.83. The fourth-order valence-electron chi connectivity index (χ4n) is 2.40. The first kappa shape index (κ1) is 18.5. The molecule has 1 rings (SSSR count). The van der Waals surface area contributed by atoms with Crippen molar-refractivity contribution < 1.29 is 9.53 Å². The highest BCUT2D eigenvalue weighted by atomic mass is 16.5. The van der Waals surface area contributed by atoms with Crippen molar-refractivity contribution in [2.75, 3.05) is 0 Å². The third kappa shape index (κ3) is 6.93. The summed E-state index contributed by atoms with van der Waals surface area (Å²) in [5, 5.41) is 0. The van der Waals surface area contributed by atoms with Gasteiger partial charge in [0.15, 0.2) is 0 Å². The van der Waals surface area contributed by atoms with Gasteiger partial charge in [-0.15, -0.1) is 0 Å². The first-order chi connectivity index (χ1) is 10.7. The van der Waals surface area contributed by atoms with E-state index in [2.05, 4.69) is 19.6 Å². The zero-order chi connectivity index (χ0) is 16.2. The molecule has 2 nitrogen and oxygen atoms in total. The van der Waals surface area contributed by atoms with Gasteiger partial charge in [0.05, 0.1) is 0 Å². The third-order valence-electron chi connectivity index (χ3n) is 3.94. The molecule has 0 fully saturated rings. The van der Waals surface area contributed by atoms with E-state index in [-0.39, 0.29) is 5.97 Å². The lowest BCUT2D eigenvalue weighted by molar-refractivity contribution is -0.130. The molecule has 122 valence electrons. The van der Waals surface area contributed by atoms with Gasteiger partial charge in [-0.3, -0.25) is 0 Å². The average Bonchev–Trinajstić information content (AvgIpc) is 2.54. The quantitative estimate of drug-likeness (QED) is 0.222. The van der Waals surface area contributed by atoms with Crippen molar-refractivity contribution in [2.24, 2.45) is 0 Å². The van der Waals surface area contributed by atoms with Gasteiger partial charge in [-0.25, -0.2) is 4.79 Å². The summed E-state index contributed by atoms with van der Waals surface area (Å²) in [6.45, 7) is 7.89. The fourth-order valence-corrected chi connectivity index (χ4v) is 2.40. The summed E-state index contributed by atoms with van der Waals surface area (Å²) in [4.78, 5) is 11.9. The van der Waals surface area contributed by atoms with Crippen LogP contribution in [0.2, 0.25) is 0 Å². The Kier molecular flexibility index (Phi) is 9.29. The Hall–Kier alpha value is -1.57. The molecule has 0 aliphatic rings. The van der Waals surface area contributed by atoms with Crippen molar-refractivity contribution in [1.82, 2.24) is 0 Å². The smallest absolute Gasteiger partial charge is 0.338 e. The lowest BCUT2D eigenvalue weighted by atomic mass is 10.0. The lowest BCUT2D eigenvalue weighted by Crippen LogP contribution is -2.11. The molecule has 0 aromatic heterocycles. The first-order valence-corrected chi connectivity index (χ1v) is 8.66. The van der Waals surface area contributed by atoms with E-state index in [1.54, 1.807) is 0 Å². The number of hydrogen-bond acceptors (Lipinski definition) is 2. The Morgan fingerprint density at radius 2 is 1.64 bits per heavy atom. The van der Waals surface area contributed by atoms with Crippen LogP contribution in [0.3, 0.4) is 0 Å². The zero-order valence-electron chi connectivity index (χ0n) is 14.2. The number of para-hydroxylation sites is 1. The van der Waals surface area contributed by atoms with Crippen molar-refractivity contribution in [3.05, 3.63) is 42.0 Å². The highest BCUT2D eigenvalue weighted by molar-refractivity contribution is 5.89. The van der Waals surface area contributed by atoms with Crippen LogP contribution in [0.25, 0.3) is 0 Å². The molecular weight excluding hydrogens is 272 g/mol. The molecule has 2 heteroatoms. The van der Waals surface area contributed by atoms with Crippen LogP contribution in [0.4, 0.5) is 0 Å². The molecule has 0 unspecified atom stereocenters. The van der Waals surface area contributed by atoms with Gasteiger partial charge in [0.25, 0.3) is 0 Å². The second kappa shape index (κ2) is 11.1. The largest absolute Gasteiger partial charge is 0.423 e. The third-order valence-corrected chi connectivity index (χ3v) is 3.94. The highest BCUT2D eigenvalue weighted by Gasteiger charge is 2.10. The Bertz CT molecular complexity index is 463. The number of aryl methyl sites for hydroxylation is 1. The van der Waals surface area contributed by atoms with Gasteiger partial charge < -0.3 is 4.74 Å². The standard InChI is InChI=1S/C20H30O2/c1-4-6-7-8-9-10-11-14-18-15-12-13-16-19(18)22-20(21)17(3)5-2/h12-13,15-16H,3-11,14H2,1-2H3. The Morgan fingerprint density at radius 1 is 1.00 bits per heavy atom. The molecule has 1 aromatic rings. The maximum absolute atomic E-state index is 11.9. The van der Waals surface area contributed by atoms with Crippen LogP contribution >= 0.6 is 0 Å². The molecular formula is C20H30O2. The van der Waals surface area contributed by atoms with Gasteiger partial charge >= 0.3 is 5.97 Å². The highest BCUT2D eigenvalue weighted by Crippen LogP contribution is 2.22.